The van der Waals surface area contributed by atoms with Gasteiger partial charge in [-0.2, -0.15) is 4.31 Å². The van der Waals surface area contributed by atoms with Crippen LogP contribution in [0.2, 0.25) is 0 Å². The third kappa shape index (κ3) is 4.59. The molecule has 2 aliphatic rings. The van der Waals surface area contributed by atoms with Crippen molar-refractivity contribution < 1.29 is 22.8 Å². The van der Waals surface area contributed by atoms with Crippen molar-refractivity contribution in [2.45, 2.75) is 25.2 Å². The second-order valence-electron chi connectivity index (χ2n) is 7.96. The normalized spacial score (nSPS) is 23.6. The van der Waals surface area contributed by atoms with E-state index in [1.165, 1.54) is 40.5 Å². The van der Waals surface area contributed by atoms with Crippen LogP contribution in [-0.2, 0) is 19.6 Å². The number of piperidine rings is 1. The summed E-state index contributed by atoms with van der Waals surface area (Å²) in [6.45, 7) is 4.65. The van der Waals surface area contributed by atoms with Crippen molar-refractivity contribution in [2.24, 2.45) is 11.8 Å². The first-order chi connectivity index (χ1) is 13.6. The number of anilines is 1. The highest BCUT2D eigenvalue weighted by molar-refractivity contribution is 7.89. The minimum atomic E-state index is -3.59. The lowest BCUT2D eigenvalue weighted by atomic mass is 9.94. The number of hydrogen-bond acceptors (Lipinski definition) is 5. The number of hydrogen-bond donors (Lipinski definition) is 1. The molecule has 2 aliphatic heterocycles. The molecule has 29 heavy (non-hydrogen) atoms. The topological polar surface area (TPSA) is 107 Å². The lowest BCUT2D eigenvalue weighted by molar-refractivity contribution is -0.129. The lowest BCUT2D eigenvalue weighted by Gasteiger charge is -2.34. The molecule has 2 atom stereocenters. The van der Waals surface area contributed by atoms with Gasteiger partial charge >= 0.3 is 6.03 Å². The van der Waals surface area contributed by atoms with Gasteiger partial charge in [-0.3, -0.25) is 14.5 Å². The van der Waals surface area contributed by atoms with Gasteiger partial charge in [-0.25, -0.2) is 13.2 Å². The molecule has 2 heterocycles. The lowest BCUT2D eigenvalue weighted by Crippen LogP contribution is -2.42. The Labute approximate surface area is 170 Å². The van der Waals surface area contributed by atoms with Crippen LogP contribution in [0.4, 0.5) is 10.5 Å². The van der Waals surface area contributed by atoms with Gasteiger partial charge in [0.05, 0.1) is 4.90 Å². The van der Waals surface area contributed by atoms with Crippen molar-refractivity contribution in [3.05, 3.63) is 24.3 Å². The maximum Gasteiger partial charge on any atom is 0.327 e. The fraction of sp³-hybridized carbons (Fsp3) is 0.526. The molecule has 0 aromatic heterocycles. The van der Waals surface area contributed by atoms with Crippen molar-refractivity contribution in [3.63, 3.8) is 0 Å². The van der Waals surface area contributed by atoms with Gasteiger partial charge in [-0.1, -0.05) is 13.8 Å². The Hall–Kier alpha value is -2.46. The molecule has 2 saturated heterocycles. The third-order valence-corrected chi connectivity index (χ3v) is 6.99. The average Bonchev–Trinajstić information content (AvgIpc) is 2.87. The number of sulfonamides is 1. The van der Waals surface area contributed by atoms with E-state index in [1.807, 2.05) is 13.8 Å². The molecular formula is C19H26N4O5S. The van der Waals surface area contributed by atoms with E-state index in [9.17, 15) is 22.8 Å². The van der Waals surface area contributed by atoms with Gasteiger partial charge in [0, 0.05) is 25.8 Å². The Morgan fingerprint density at radius 3 is 2.21 bits per heavy atom. The van der Waals surface area contributed by atoms with Gasteiger partial charge in [0.2, 0.25) is 15.9 Å². The van der Waals surface area contributed by atoms with E-state index in [4.69, 9.17) is 0 Å². The van der Waals surface area contributed by atoms with Crippen molar-refractivity contribution in [1.29, 1.82) is 0 Å². The monoisotopic (exact) mass is 422 g/mol. The molecule has 3 rings (SSSR count). The van der Waals surface area contributed by atoms with Crippen LogP contribution in [0.3, 0.4) is 0 Å². The van der Waals surface area contributed by atoms with Gasteiger partial charge in [-0.05, 0) is 42.5 Å². The Bertz CT molecular complexity index is 905. The van der Waals surface area contributed by atoms with Crippen LogP contribution in [0, 0.1) is 11.8 Å². The number of nitrogens with zero attached hydrogens (tertiary/aromatic N) is 3. The van der Waals surface area contributed by atoms with Crippen molar-refractivity contribution >= 4 is 33.6 Å². The van der Waals surface area contributed by atoms with Gasteiger partial charge in [-0.15, -0.1) is 0 Å². The quantitative estimate of drug-likeness (QED) is 0.717. The van der Waals surface area contributed by atoms with Crippen LogP contribution in [0.1, 0.15) is 20.3 Å². The summed E-state index contributed by atoms with van der Waals surface area (Å²) < 4.78 is 27.3. The second-order valence-corrected chi connectivity index (χ2v) is 9.90. The number of nitrogens with one attached hydrogen (secondary N) is 1. The first kappa shape index (κ1) is 21.3. The number of carbonyl (C=O) groups is 3. The predicted molar refractivity (Wildman–Crippen MR) is 107 cm³/mol. The van der Waals surface area contributed by atoms with Crippen LogP contribution in [0.25, 0.3) is 0 Å². The SMILES string of the molecule is C[C@H]1C[C@H](C)CN(S(=O)(=O)c2ccc(NC(=O)CN3C(=O)CN(C)C3=O)cc2)C1. The van der Waals surface area contributed by atoms with Crippen molar-refractivity contribution in [2.75, 3.05) is 38.5 Å². The Morgan fingerprint density at radius 2 is 1.69 bits per heavy atom. The van der Waals surface area contributed by atoms with Gasteiger partial charge < -0.3 is 10.2 Å². The first-order valence-corrected chi connectivity index (χ1v) is 11.0. The van der Waals surface area contributed by atoms with Gasteiger partial charge in [0.15, 0.2) is 0 Å². The largest absolute Gasteiger partial charge is 0.327 e. The Morgan fingerprint density at radius 1 is 1.10 bits per heavy atom. The number of carbonyl (C=O) groups excluding carboxylic acids is 3. The van der Waals surface area contributed by atoms with Crippen LogP contribution < -0.4 is 5.32 Å². The minimum Gasteiger partial charge on any atom is -0.325 e. The number of likely N-dealkylation sites (N-methyl/N-ethyl adjacent to an activating group) is 1. The standard InChI is InChI=1S/C19H26N4O5S/c1-13-8-14(2)10-22(9-13)29(27,28)16-6-4-15(5-7-16)20-17(24)11-23-18(25)12-21(3)19(23)26/h4-7,13-14H,8-12H2,1-3H3,(H,20,24)/t13-,14-/m0/s1. The van der Waals surface area contributed by atoms with Gasteiger partial charge in [0.25, 0.3) is 5.91 Å². The summed E-state index contributed by atoms with van der Waals surface area (Å²) in [5, 5.41) is 2.59. The summed E-state index contributed by atoms with van der Waals surface area (Å²) in [5.41, 5.74) is 0.391. The van der Waals surface area contributed by atoms with E-state index < -0.39 is 27.9 Å². The number of amides is 4. The van der Waals surface area contributed by atoms with Crippen LogP contribution in [-0.4, -0.2) is 73.6 Å². The van der Waals surface area contributed by atoms with Crippen LogP contribution >= 0.6 is 0 Å². The molecule has 0 radical (unpaired) electrons. The molecule has 1 aromatic carbocycles. The molecular weight excluding hydrogens is 396 g/mol. The zero-order chi connectivity index (χ0) is 21.3. The highest BCUT2D eigenvalue weighted by Gasteiger charge is 2.35. The molecule has 9 nitrogen and oxygen atoms in total. The number of imide groups is 1. The van der Waals surface area contributed by atoms with Crippen LogP contribution in [0.15, 0.2) is 29.2 Å². The maximum absolute atomic E-state index is 12.9. The average molecular weight is 423 g/mol. The number of benzene rings is 1. The molecule has 0 spiro atoms. The van der Waals surface area contributed by atoms with Crippen LogP contribution in [0.5, 0.6) is 0 Å². The fourth-order valence-electron chi connectivity index (χ4n) is 3.83. The summed E-state index contributed by atoms with van der Waals surface area (Å²) in [7, 11) is -2.11. The highest BCUT2D eigenvalue weighted by atomic mass is 32.2. The third-order valence-electron chi connectivity index (χ3n) is 5.14. The molecule has 0 bridgehead atoms. The zero-order valence-electron chi connectivity index (χ0n) is 16.8. The summed E-state index contributed by atoms with van der Waals surface area (Å²) in [6, 6.07) is 5.39. The van der Waals surface area contributed by atoms with E-state index in [0.717, 1.165) is 11.3 Å². The van der Waals surface area contributed by atoms with E-state index in [1.54, 1.807) is 0 Å². The Kier molecular flexibility index (Phi) is 5.95. The molecule has 4 amide bonds. The zero-order valence-corrected chi connectivity index (χ0v) is 17.6. The molecule has 0 saturated carbocycles. The number of urea groups is 1. The highest BCUT2D eigenvalue weighted by Crippen LogP contribution is 2.27. The predicted octanol–water partition coefficient (Wildman–Crippen LogP) is 1.19. The summed E-state index contributed by atoms with van der Waals surface area (Å²) in [5.74, 6) is -0.348. The molecule has 1 N–H and O–H groups in total. The molecule has 0 aliphatic carbocycles. The maximum atomic E-state index is 12.9. The Balaban J connectivity index is 1.65. The first-order valence-electron chi connectivity index (χ1n) is 9.53. The number of rotatable bonds is 5. The second kappa shape index (κ2) is 8.11. The molecule has 10 heteroatoms. The molecule has 0 unspecified atom stereocenters. The van der Waals surface area contributed by atoms with Crippen molar-refractivity contribution in [1.82, 2.24) is 14.1 Å². The van der Waals surface area contributed by atoms with E-state index in [0.29, 0.717) is 30.6 Å². The van der Waals surface area contributed by atoms with E-state index in [2.05, 4.69) is 5.32 Å². The molecule has 1 aromatic rings. The van der Waals surface area contributed by atoms with E-state index >= 15 is 0 Å². The minimum absolute atomic E-state index is 0.0492. The molecule has 2 fully saturated rings. The van der Waals surface area contributed by atoms with E-state index in [-0.39, 0.29) is 18.0 Å². The summed E-state index contributed by atoms with van der Waals surface area (Å²) in [6.07, 6.45) is 1.01. The summed E-state index contributed by atoms with van der Waals surface area (Å²) >= 11 is 0. The smallest absolute Gasteiger partial charge is 0.325 e. The summed E-state index contributed by atoms with van der Waals surface area (Å²) in [4.78, 5) is 38.0. The molecule has 158 valence electrons. The fourth-order valence-corrected chi connectivity index (χ4v) is 5.51. The van der Waals surface area contributed by atoms with Gasteiger partial charge in [0.1, 0.15) is 13.1 Å². The van der Waals surface area contributed by atoms with Crippen molar-refractivity contribution in [3.8, 4) is 0 Å².